The maximum atomic E-state index is 14.5. The van der Waals surface area contributed by atoms with E-state index >= 15 is 0 Å². The average Bonchev–Trinajstić information content (AvgIpc) is 3.46. The number of nitrogens with zero attached hydrogens (tertiary/aromatic N) is 4. The van der Waals surface area contributed by atoms with E-state index in [4.69, 9.17) is 59.9 Å². The highest BCUT2D eigenvalue weighted by molar-refractivity contribution is 6.35. The van der Waals surface area contributed by atoms with E-state index in [2.05, 4.69) is 20.9 Å². The molecule has 1 aliphatic rings. The SMILES string of the molecule is [N-]=[N+]=NCc1ccccc1C[C@]1(C(=O)NNCCc2cccc(Cl)c2)N=C(c2ccc(OCCCO)cc2)O[C@H]1c1ccc(Cl)cc1Cl. The molecule has 5 rings (SSSR count). The van der Waals surface area contributed by atoms with Crippen LogP contribution >= 0.6 is 34.8 Å². The minimum absolute atomic E-state index is 0.0307. The van der Waals surface area contributed by atoms with Crippen LogP contribution in [0.4, 0.5) is 0 Å². The van der Waals surface area contributed by atoms with Gasteiger partial charge in [0.15, 0.2) is 11.6 Å². The predicted molar refractivity (Wildman–Crippen MR) is 187 cm³/mol. The van der Waals surface area contributed by atoms with Crippen LogP contribution in [0.3, 0.4) is 0 Å². The molecule has 1 aliphatic heterocycles. The predicted octanol–water partition coefficient (Wildman–Crippen LogP) is 7.58. The van der Waals surface area contributed by atoms with Gasteiger partial charge in [-0.2, -0.15) is 0 Å². The van der Waals surface area contributed by atoms with Gasteiger partial charge in [0.05, 0.1) is 13.2 Å². The van der Waals surface area contributed by atoms with Crippen LogP contribution in [0.1, 0.15) is 40.3 Å². The van der Waals surface area contributed by atoms with E-state index in [-0.39, 0.29) is 25.5 Å². The van der Waals surface area contributed by atoms with Gasteiger partial charge in [0.2, 0.25) is 5.90 Å². The number of nitrogens with one attached hydrogen (secondary N) is 2. The highest BCUT2D eigenvalue weighted by Crippen LogP contribution is 2.45. The summed E-state index contributed by atoms with van der Waals surface area (Å²) in [5.41, 5.74) is 17.0. The summed E-state index contributed by atoms with van der Waals surface area (Å²) in [7, 11) is 0. The minimum atomic E-state index is -1.57. The average molecular weight is 708 g/mol. The Hall–Kier alpha value is -4.28. The maximum absolute atomic E-state index is 14.5. The van der Waals surface area contributed by atoms with Gasteiger partial charge >= 0.3 is 0 Å². The smallest absolute Gasteiger partial charge is 0.266 e. The number of carbonyl (C=O) groups excluding carboxylic acids is 1. The summed E-state index contributed by atoms with van der Waals surface area (Å²) in [5.74, 6) is 0.389. The van der Waals surface area contributed by atoms with Crippen molar-refractivity contribution in [3.05, 3.63) is 144 Å². The molecule has 0 fully saturated rings. The molecule has 1 amide bonds. The Morgan fingerprint density at radius 2 is 1.77 bits per heavy atom. The standard InChI is InChI=1S/C35H33Cl3N6O4/c36-27-8-3-5-23(19-27)15-16-40-43-34(46)35(21-25-6-1-2-7-26(25)22-41-44-39)32(30-14-11-28(37)20-31(30)38)48-33(42-35)24-9-12-29(13-10-24)47-18-4-17-45/h1-3,5-14,19-20,32,40,45H,4,15-18,21-22H2,(H,43,46)/t32-,35-/m0/s1. The highest BCUT2D eigenvalue weighted by Gasteiger charge is 2.54. The first-order chi connectivity index (χ1) is 23.3. The number of ether oxygens (including phenoxy) is 2. The van der Waals surface area contributed by atoms with Crippen molar-refractivity contribution < 1.29 is 19.4 Å². The monoisotopic (exact) mass is 706 g/mol. The molecule has 1 heterocycles. The Morgan fingerprint density at radius 1 is 1.00 bits per heavy atom. The molecule has 2 atom stereocenters. The summed E-state index contributed by atoms with van der Waals surface area (Å²) >= 11 is 19.2. The van der Waals surface area contributed by atoms with E-state index < -0.39 is 17.6 Å². The van der Waals surface area contributed by atoms with E-state index in [0.29, 0.717) is 57.9 Å². The summed E-state index contributed by atoms with van der Waals surface area (Å²) in [6.07, 6.45) is 0.224. The van der Waals surface area contributed by atoms with Crippen LogP contribution in [0, 0.1) is 0 Å². The fourth-order valence-electron chi connectivity index (χ4n) is 5.41. The largest absolute Gasteiger partial charge is 0.494 e. The van der Waals surface area contributed by atoms with Gasteiger partial charge in [-0.1, -0.05) is 82.4 Å². The lowest BCUT2D eigenvalue weighted by atomic mass is 9.81. The Kier molecular flexibility index (Phi) is 12.2. The molecule has 0 spiro atoms. The lowest BCUT2D eigenvalue weighted by Crippen LogP contribution is -2.54. The molecular weight excluding hydrogens is 675 g/mol. The van der Waals surface area contributed by atoms with Gasteiger partial charge in [0.25, 0.3) is 5.91 Å². The number of hydrogen-bond donors (Lipinski definition) is 3. The first-order valence-corrected chi connectivity index (χ1v) is 16.4. The van der Waals surface area contributed by atoms with Crippen molar-refractivity contribution in [2.45, 2.75) is 37.5 Å². The summed E-state index contributed by atoms with van der Waals surface area (Å²) in [5, 5.41) is 14.2. The summed E-state index contributed by atoms with van der Waals surface area (Å²) in [4.78, 5) is 22.5. The second-order valence-corrected chi connectivity index (χ2v) is 12.3. The van der Waals surface area contributed by atoms with Crippen molar-refractivity contribution in [2.75, 3.05) is 19.8 Å². The fourth-order valence-corrected chi connectivity index (χ4v) is 6.13. The molecule has 48 heavy (non-hydrogen) atoms. The van der Waals surface area contributed by atoms with Gasteiger partial charge in [-0.15, -0.1) is 0 Å². The number of hydrogen-bond acceptors (Lipinski definition) is 7. The summed E-state index contributed by atoms with van der Waals surface area (Å²) in [6.45, 7) is 0.900. The maximum Gasteiger partial charge on any atom is 0.266 e. The second kappa shape index (κ2) is 16.7. The van der Waals surface area contributed by atoms with Crippen molar-refractivity contribution in [3.63, 3.8) is 0 Å². The molecule has 4 aromatic rings. The van der Waals surface area contributed by atoms with E-state index in [1.54, 1.807) is 48.5 Å². The molecule has 248 valence electrons. The van der Waals surface area contributed by atoms with Crippen LogP contribution in [0.2, 0.25) is 15.1 Å². The van der Waals surface area contributed by atoms with Gasteiger partial charge in [-0.25, -0.2) is 10.4 Å². The second-order valence-electron chi connectivity index (χ2n) is 11.1. The van der Waals surface area contributed by atoms with Gasteiger partial charge in [0.1, 0.15) is 5.75 Å². The molecule has 4 aromatic carbocycles. The van der Waals surface area contributed by atoms with Crippen molar-refractivity contribution in [2.24, 2.45) is 10.1 Å². The third-order valence-corrected chi connectivity index (χ3v) is 8.58. The molecule has 0 saturated heterocycles. The number of aliphatic hydroxyl groups excluding tert-OH is 1. The van der Waals surface area contributed by atoms with Crippen LogP contribution in [0.25, 0.3) is 10.4 Å². The normalized spacial score (nSPS) is 16.8. The zero-order valence-corrected chi connectivity index (χ0v) is 28.0. The third kappa shape index (κ3) is 8.59. The number of aliphatic imine (C=N–C) groups is 1. The van der Waals surface area contributed by atoms with Crippen LogP contribution in [0.15, 0.2) is 101 Å². The van der Waals surface area contributed by atoms with Crippen LogP contribution in [0.5, 0.6) is 5.75 Å². The van der Waals surface area contributed by atoms with Crippen LogP contribution in [-0.4, -0.2) is 42.2 Å². The molecule has 0 saturated carbocycles. The number of aliphatic hydroxyl groups is 1. The van der Waals surface area contributed by atoms with Crippen molar-refractivity contribution >= 4 is 46.6 Å². The molecule has 3 N–H and O–H groups in total. The number of carbonyl (C=O) groups is 1. The number of azide groups is 1. The number of rotatable bonds is 15. The number of hydrazine groups is 1. The van der Waals surface area contributed by atoms with E-state index in [0.717, 1.165) is 16.7 Å². The fraction of sp³-hybridized carbons (Fsp3) is 0.257. The van der Waals surface area contributed by atoms with Gasteiger partial charge < -0.3 is 14.6 Å². The lowest BCUT2D eigenvalue weighted by Gasteiger charge is -2.32. The molecule has 0 unspecified atom stereocenters. The van der Waals surface area contributed by atoms with Gasteiger partial charge in [-0.05, 0) is 77.2 Å². The van der Waals surface area contributed by atoms with Crippen molar-refractivity contribution in [3.8, 4) is 5.75 Å². The summed E-state index contributed by atoms with van der Waals surface area (Å²) < 4.78 is 12.3. The highest BCUT2D eigenvalue weighted by atomic mass is 35.5. The van der Waals surface area contributed by atoms with Crippen molar-refractivity contribution in [1.29, 1.82) is 0 Å². The quantitative estimate of drug-likeness (QED) is 0.0384. The molecule has 13 heteroatoms. The zero-order chi connectivity index (χ0) is 33.9. The van der Waals surface area contributed by atoms with Crippen LogP contribution in [-0.2, 0) is 28.9 Å². The number of benzene rings is 4. The molecular formula is C35H33Cl3N6O4. The zero-order valence-electron chi connectivity index (χ0n) is 25.8. The third-order valence-electron chi connectivity index (χ3n) is 7.79. The number of halogens is 3. The Labute approximate surface area is 293 Å². The Morgan fingerprint density at radius 3 is 2.50 bits per heavy atom. The van der Waals surface area contributed by atoms with Crippen molar-refractivity contribution in [1.82, 2.24) is 10.9 Å². The van der Waals surface area contributed by atoms with Crippen LogP contribution < -0.4 is 15.6 Å². The summed E-state index contributed by atoms with van der Waals surface area (Å²) in [6, 6.07) is 27.1. The van der Waals surface area contributed by atoms with Gasteiger partial charge in [0, 0.05) is 57.1 Å². The van der Waals surface area contributed by atoms with E-state index in [9.17, 15) is 4.79 Å². The number of amides is 1. The lowest BCUT2D eigenvalue weighted by molar-refractivity contribution is -0.130. The minimum Gasteiger partial charge on any atom is -0.494 e. The molecule has 0 aromatic heterocycles. The molecule has 0 aliphatic carbocycles. The first kappa shape index (κ1) is 35.0. The molecule has 0 bridgehead atoms. The Balaban J connectivity index is 1.54. The molecule has 10 nitrogen and oxygen atoms in total. The van der Waals surface area contributed by atoms with E-state index in [1.165, 1.54) is 0 Å². The first-order valence-electron chi connectivity index (χ1n) is 15.2. The Bertz CT molecular complexity index is 1820. The van der Waals surface area contributed by atoms with Gasteiger partial charge in [-0.3, -0.25) is 10.2 Å². The topological polar surface area (TPSA) is 141 Å². The van der Waals surface area contributed by atoms with E-state index in [1.807, 2.05) is 42.5 Å². The molecule has 0 radical (unpaired) electrons.